The van der Waals surface area contributed by atoms with Crippen molar-refractivity contribution in [1.29, 1.82) is 0 Å². The second-order valence-corrected chi connectivity index (χ2v) is 6.49. The molecule has 7 heteroatoms. The lowest BCUT2D eigenvalue weighted by atomic mass is 10.3. The fourth-order valence-electron chi connectivity index (χ4n) is 1.85. The van der Waals surface area contributed by atoms with E-state index in [2.05, 4.69) is 4.98 Å². The lowest BCUT2D eigenvalue weighted by Crippen LogP contribution is -2.37. The molecule has 1 atom stereocenters. The quantitative estimate of drug-likeness (QED) is 0.844. The van der Waals surface area contributed by atoms with Crippen LogP contribution in [0.3, 0.4) is 0 Å². The Kier molecular flexibility index (Phi) is 5.86. The summed E-state index contributed by atoms with van der Waals surface area (Å²) in [5, 5.41) is 14.5. The Morgan fingerprint density at radius 3 is 3.00 bits per heavy atom. The third-order valence-electron chi connectivity index (χ3n) is 2.89. The minimum atomic E-state index is -0.666. The maximum atomic E-state index is 12.1. The number of hydrogen-bond donors (Lipinski definition) is 1. The summed E-state index contributed by atoms with van der Waals surface area (Å²) < 4.78 is 4.85. The molecule has 2 aromatic rings. The lowest BCUT2D eigenvalue weighted by Gasteiger charge is -2.20. The van der Waals surface area contributed by atoms with Gasteiger partial charge in [-0.15, -0.1) is 22.7 Å². The fourth-order valence-corrected chi connectivity index (χ4v) is 3.49. The van der Waals surface area contributed by atoms with Gasteiger partial charge in [0.05, 0.1) is 29.7 Å². The fraction of sp³-hybridized carbons (Fsp3) is 0.429. The number of thiophene rings is 1. The molecule has 0 saturated heterocycles. The van der Waals surface area contributed by atoms with Gasteiger partial charge in [-0.1, -0.05) is 6.07 Å². The molecule has 0 spiro atoms. The number of thiazole rings is 1. The highest BCUT2D eigenvalue weighted by molar-refractivity contribution is 7.20. The van der Waals surface area contributed by atoms with E-state index >= 15 is 0 Å². The molecule has 0 aliphatic rings. The van der Waals surface area contributed by atoms with Crippen LogP contribution in [-0.4, -0.2) is 54.3 Å². The maximum absolute atomic E-state index is 12.1. The second kappa shape index (κ2) is 7.65. The number of aliphatic hydroxyl groups is 1. The van der Waals surface area contributed by atoms with Gasteiger partial charge in [-0.2, -0.15) is 0 Å². The maximum Gasteiger partial charge on any atom is 0.228 e. The normalized spacial score (nSPS) is 12.3. The highest BCUT2D eigenvalue weighted by atomic mass is 32.1. The predicted octanol–water partition coefficient (Wildman–Crippen LogP) is 1.88. The van der Waals surface area contributed by atoms with E-state index in [0.29, 0.717) is 0 Å². The molecule has 2 aromatic heterocycles. The zero-order chi connectivity index (χ0) is 15.2. The molecule has 0 fully saturated rings. The van der Waals surface area contributed by atoms with E-state index in [1.165, 1.54) is 12.0 Å². The number of aromatic nitrogens is 1. The van der Waals surface area contributed by atoms with E-state index in [4.69, 9.17) is 4.74 Å². The Morgan fingerprint density at radius 2 is 2.33 bits per heavy atom. The number of carbonyl (C=O) groups is 1. The molecule has 0 radical (unpaired) electrons. The summed E-state index contributed by atoms with van der Waals surface area (Å²) in [5.41, 5.74) is 0.765. The number of methoxy groups -OCH3 is 1. The van der Waals surface area contributed by atoms with E-state index in [1.807, 2.05) is 22.9 Å². The van der Waals surface area contributed by atoms with Gasteiger partial charge >= 0.3 is 0 Å². The smallest absolute Gasteiger partial charge is 0.228 e. The third-order valence-corrected chi connectivity index (χ3v) is 4.82. The molecule has 0 aliphatic carbocycles. The van der Waals surface area contributed by atoms with E-state index in [0.717, 1.165) is 15.6 Å². The van der Waals surface area contributed by atoms with Gasteiger partial charge in [0.1, 0.15) is 5.01 Å². The Hall–Kier alpha value is -1.28. The molecule has 0 aromatic carbocycles. The molecule has 5 nitrogen and oxygen atoms in total. The van der Waals surface area contributed by atoms with Crippen LogP contribution in [0.15, 0.2) is 22.9 Å². The Balaban J connectivity index is 1.90. The van der Waals surface area contributed by atoms with Crippen LogP contribution in [0.4, 0.5) is 0 Å². The molecule has 0 saturated carbocycles. The van der Waals surface area contributed by atoms with Gasteiger partial charge in [0.25, 0.3) is 0 Å². The van der Waals surface area contributed by atoms with Crippen LogP contribution in [0, 0.1) is 0 Å². The van der Waals surface area contributed by atoms with Gasteiger partial charge in [0.15, 0.2) is 0 Å². The van der Waals surface area contributed by atoms with Crippen molar-refractivity contribution in [2.45, 2.75) is 12.5 Å². The van der Waals surface area contributed by atoms with Gasteiger partial charge in [-0.25, -0.2) is 4.98 Å². The van der Waals surface area contributed by atoms with E-state index in [1.54, 1.807) is 29.7 Å². The molecule has 0 bridgehead atoms. The van der Waals surface area contributed by atoms with Crippen molar-refractivity contribution in [2.24, 2.45) is 0 Å². The average molecular weight is 326 g/mol. The summed E-state index contributed by atoms with van der Waals surface area (Å²) >= 11 is 3.18. The zero-order valence-corrected chi connectivity index (χ0v) is 13.6. The predicted molar refractivity (Wildman–Crippen MR) is 84.7 cm³/mol. The van der Waals surface area contributed by atoms with Crippen molar-refractivity contribution in [3.63, 3.8) is 0 Å². The highest BCUT2D eigenvalue weighted by Gasteiger charge is 2.16. The summed E-state index contributed by atoms with van der Waals surface area (Å²) in [6.45, 7) is 0.478. The molecule has 1 unspecified atom stereocenters. The first kappa shape index (κ1) is 16.1. The summed E-state index contributed by atoms with van der Waals surface area (Å²) in [7, 11) is 3.19. The van der Waals surface area contributed by atoms with Crippen LogP contribution in [0.1, 0.15) is 5.69 Å². The molecule has 21 heavy (non-hydrogen) atoms. The SMILES string of the molecule is COCC(O)CN(C)C(=O)Cc1csc(-c2cccs2)n1. The number of likely N-dealkylation sites (N-methyl/N-ethyl adjacent to an activating group) is 1. The Bertz CT molecular complexity index is 569. The van der Waals surface area contributed by atoms with Gasteiger partial charge in [0, 0.05) is 26.1 Å². The molecule has 2 heterocycles. The largest absolute Gasteiger partial charge is 0.389 e. The first-order chi connectivity index (χ1) is 10.1. The van der Waals surface area contributed by atoms with Crippen LogP contribution >= 0.6 is 22.7 Å². The van der Waals surface area contributed by atoms with E-state index in [9.17, 15) is 9.90 Å². The molecule has 1 amide bonds. The molecule has 0 aliphatic heterocycles. The number of amides is 1. The number of nitrogens with zero attached hydrogens (tertiary/aromatic N) is 2. The van der Waals surface area contributed by atoms with E-state index < -0.39 is 6.10 Å². The third kappa shape index (κ3) is 4.60. The molecule has 2 rings (SSSR count). The number of ether oxygens (including phenoxy) is 1. The topological polar surface area (TPSA) is 62.7 Å². The van der Waals surface area contributed by atoms with Crippen LogP contribution in [-0.2, 0) is 16.0 Å². The van der Waals surface area contributed by atoms with E-state index in [-0.39, 0.29) is 25.5 Å². The lowest BCUT2D eigenvalue weighted by molar-refractivity contribution is -0.130. The Morgan fingerprint density at radius 1 is 1.52 bits per heavy atom. The van der Waals surface area contributed by atoms with Gasteiger partial charge in [-0.3, -0.25) is 4.79 Å². The number of aliphatic hydroxyl groups excluding tert-OH is 1. The first-order valence-electron chi connectivity index (χ1n) is 6.49. The molecular weight excluding hydrogens is 308 g/mol. The summed E-state index contributed by atoms with van der Waals surface area (Å²) in [5.74, 6) is -0.0619. The second-order valence-electron chi connectivity index (χ2n) is 4.68. The standard InChI is InChI=1S/C14H18N2O3S2/c1-16(7-11(17)8-19-2)13(18)6-10-9-21-14(15-10)12-4-3-5-20-12/h3-5,9,11,17H,6-8H2,1-2H3. The van der Waals surface area contributed by atoms with Crippen LogP contribution in [0.2, 0.25) is 0 Å². The van der Waals surface area contributed by atoms with Crippen LogP contribution < -0.4 is 0 Å². The van der Waals surface area contributed by atoms with Crippen LogP contribution in [0.5, 0.6) is 0 Å². The Labute approximate surface area is 131 Å². The number of hydrogen-bond acceptors (Lipinski definition) is 6. The summed E-state index contributed by atoms with van der Waals surface area (Å²) in [6.07, 6.45) is -0.418. The van der Waals surface area contributed by atoms with Crippen molar-refractivity contribution >= 4 is 28.6 Å². The monoisotopic (exact) mass is 326 g/mol. The number of carbonyl (C=O) groups excluding carboxylic acids is 1. The van der Waals surface area contributed by atoms with Gasteiger partial charge in [-0.05, 0) is 11.4 Å². The highest BCUT2D eigenvalue weighted by Crippen LogP contribution is 2.27. The molecular formula is C14H18N2O3S2. The van der Waals surface area contributed by atoms with Crippen molar-refractivity contribution in [3.05, 3.63) is 28.6 Å². The number of rotatable bonds is 7. The average Bonchev–Trinajstić information content (AvgIpc) is 3.08. The first-order valence-corrected chi connectivity index (χ1v) is 8.25. The molecule has 1 N–H and O–H groups in total. The van der Waals surface area contributed by atoms with Gasteiger partial charge in [0.2, 0.25) is 5.91 Å². The van der Waals surface area contributed by atoms with Crippen molar-refractivity contribution in [2.75, 3.05) is 27.3 Å². The summed E-state index contributed by atoms with van der Waals surface area (Å²) in [6, 6.07) is 4.00. The van der Waals surface area contributed by atoms with Crippen molar-refractivity contribution in [1.82, 2.24) is 9.88 Å². The summed E-state index contributed by atoms with van der Waals surface area (Å²) in [4.78, 5) is 19.2. The van der Waals surface area contributed by atoms with Crippen molar-refractivity contribution < 1.29 is 14.6 Å². The van der Waals surface area contributed by atoms with Gasteiger partial charge < -0.3 is 14.7 Å². The minimum Gasteiger partial charge on any atom is -0.389 e. The zero-order valence-electron chi connectivity index (χ0n) is 12.0. The minimum absolute atomic E-state index is 0.0619. The van der Waals surface area contributed by atoms with Crippen LogP contribution in [0.25, 0.3) is 9.88 Å². The van der Waals surface area contributed by atoms with Crippen molar-refractivity contribution in [3.8, 4) is 9.88 Å². The molecule has 114 valence electrons.